The topological polar surface area (TPSA) is 66.5 Å². The van der Waals surface area contributed by atoms with Crippen LogP contribution in [0.15, 0.2) is 0 Å². The number of nitrogens with zero attached hydrogens (tertiary/aromatic N) is 1. The molecule has 1 N–H and O–H groups in total. The van der Waals surface area contributed by atoms with E-state index in [1.54, 1.807) is 0 Å². The van der Waals surface area contributed by atoms with Crippen molar-refractivity contribution in [3.05, 3.63) is 0 Å². The van der Waals surface area contributed by atoms with E-state index < -0.39 is 10.0 Å². The van der Waals surface area contributed by atoms with Crippen LogP contribution in [-0.4, -0.2) is 44.1 Å². The van der Waals surface area contributed by atoms with E-state index in [1.165, 1.54) is 12.8 Å². The molecule has 1 atom stereocenters. The third-order valence-electron chi connectivity index (χ3n) is 5.40. The van der Waals surface area contributed by atoms with Crippen LogP contribution in [0.25, 0.3) is 0 Å². The molecule has 1 saturated carbocycles. The van der Waals surface area contributed by atoms with Crippen molar-refractivity contribution >= 4 is 15.9 Å². The maximum absolute atomic E-state index is 12.4. The van der Waals surface area contributed by atoms with Gasteiger partial charge in [-0.2, -0.15) is 0 Å². The molecule has 1 aliphatic carbocycles. The van der Waals surface area contributed by atoms with E-state index in [-0.39, 0.29) is 29.5 Å². The zero-order valence-corrected chi connectivity index (χ0v) is 15.6. The van der Waals surface area contributed by atoms with Gasteiger partial charge in [0, 0.05) is 25.0 Å². The molecule has 1 aliphatic heterocycles. The van der Waals surface area contributed by atoms with Crippen molar-refractivity contribution in [2.24, 2.45) is 17.8 Å². The predicted octanol–water partition coefficient (Wildman–Crippen LogP) is 2.38. The molecule has 2 aliphatic rings. The zero-order valence-electron chi connectivity index (χ0n) is 14.8. The Morgan fingerprint density at radius 3 is 2.17 bits per heavy atom. The van der Waals surface area contributed by atoms with Crippen LogP contribution < -0.4 is 4.72 Å². The standard InChI is InChI=1S/C17H32N2O3S/c1-4-14(5-2)17(20)19-10-8-16(9-11-19)18-23(21,22)12-13(3)15-6-7-15/h13-16,18H,4-12H2,1-3H3/t13-/m0/s1. The van der Waals surface area contributed by atoms with Crippen LogP contribution in [0.5, 0.6) is 0 Å². The van der Waals surface area contributed by atoms with Gasteiger partial charge in [0.2, 0.25) is 15.9 Å². The molecular weight excluding hydrogens is 312 g/mol. The fraction of sp³-hybridized carbons (Fsp3) is 0.941. The molecule has 0 unspecified atom stereocenters. The third kappa shape index (κ3) is 5.45. The first-order valence-electron chi connectivity index (χ1n) is 9.15. The van der Waals surface area contributed by atoms with Gasteiger partial charge in [-0.1, -0.05) is 20.8 Å². The second-order valence-corrected chi connectivity index (χ2v) is 9.13. The normalized spacial score (nSPS) is 21.7. The minimum absolute atomic E-state index is 0.0165. The Labute approximate surface area is 141 Å². The quantitative estimate of drug-likeness (QED) is 0.735. The van der Waals surface area contributed by atoms with Crippen molar-refractivity contribution in [1.29, 1.82) is 0 Å². The Morgan fingerprint density at radius 1 is 1.13 bits per heavy atom. The van der Waals surface area contributed by atoms with E-state index in [1.807, 2.05) is 25.7 Å². The molecule has 0 radical (unpaired) electrons. The summed E-state index contributed by atoms with van der Waals surface area (Å²) in [4.78, 5) is 14.3. The molecule has 0 spiro atoms. The summed E-state index contributed by atoms with van der Waals surface area (Å²) in [6.07, 6.45) is 5.55. The number of likely N-dealkylation sites (tertiary alicyclic amines) is 1. The van der Waals surface area contributed by atoms with Gasteiger partial charge < -0.3 is 4.90 Å². The van der Waals surface area contributed by atoms with Gasteiger partial charge in [0.1, 0.15) is 0 Å². The molecule has 1 saturated heterocycles. The highest BCUT2D eigenvalue weighted by Gasteiger charge is 2.33. The average molecular weight is 345 g/mol. The molecule has 5 nitrogen and oxygen atoms in total. The van der Waals surface area contributed by atoms with Crippen molar-refractivity contribution in [2.75, 3.05) is 18.8 Å². The molecule has 1 heterocycles. The van der Waals surface area contributed by atoms with Crippen LogP contribution in [0.1, 0.15) is 59.3 Å². The lowest BCUT2D eigenvalue weighted by Gasteiger charge is -2.34. The minimum atomic E-state index is -3.20. The van der Waals surface area contributed by atoms with Gasteiger partial charge >= 0.3 is 0 Å². The number of amides is 1. The van der Waals surface area contributed by atoms with Gasteiger partial charge in [0.15, 0.2) is 0 Å². The predicted molar refractivity (Wildman–Crippen MR) is 92.5 cm³/mol. The second-order valence-electron chi connectivity index (χ2n) is 7.33. The lowest BCUT2D eigenvalue weighted by molar-refractivity contribution is -0.136. The highest BCUT2D eigenvalue weighted by atomic mass is 32.2. The summed E-state index contributed by atoms with van der Waals surface area (Å²) in [7, 11) is -3.20. The van der Waals surface area contributed by atoms with Crippen LogP contribution in [0.4, 0.5) is 0 Å². The fourth-order valence-electron chi connectivity index (χ4n) is 3.56. The number of carbonyl (C=O) groups is 1. The number of piperidine rings is 1. The first-order valence-corrected chi connectivity index (χ1v) is 10.8. The van der Waals surface area contributed by atoms with Crippen LogP contribution in [0.2, 0.25) is 0 Å². The molecule has 2 rings (SSSR count). The van der Waals surface area contributed by atoms with E-state index >= 15 is 0 Å². The van der Waals surface area contributed by atoms with E-state index in [4.69, 9.17) is 0 Å². The minimum Gasteiger partial charge on any atom is -0.342 e. The molecule has 2 fully saturated rings. The molecule has 23 heavy (non-hydrogen) atoms. The first-order chi connectivity index (χ1) is 10.9. The summed E-state index contributed by atoms with van der Waals surface area (Å²) in [6.45, 7) is 7.47. The van der Waals surface area contributed by atoms with Crippen molar-refractivity contribution in [3.8, 4) is 0 Å². The Morgan fingerprint density at radius 2 is 1.70 bits per heavy atom. The number of sulfonamides is 1. The molecule has 134 valence electrons. The fourth-order valence-corrected chi connectivity index (χ4v) is 5.37. The first kappa shape index (κ1) is 18.7. The van der Waals surface area contributed by atoms with Crippen LogP contribution in [0.3, 0.4) is 0 Å². The Balaban J connectivity index is 1.78. The summed E-state index contributed by atoms with van der Waals surface area (Å²) in [5.41, 5.74) is 0. The smallest absolute Gasteiger partial charge is 0.225 e. The lowest BCUT2D eigenvalue weighted by Crippen LogP contribution is -2.48. The molecule has 0 aromatic rings. The summed E-state index contributed by atoms with van der Waals surface area (Å²) >= 11 is 0. The second kappa shape index (κ2) is 7.97. The summed E-state index contributed by atoms with van der Waals surface area (Å²) < 4.78 is 27.4. The number of nitrogens with one attached hydrogen (secondary N) is 1. The van der Waals surface area contributed by atoms with Gasteiger partial charge in [-0.05, 0) is 50.4 Å². The van der Waals surface area contributed by atoms with Crippen molar-refractivity contribution in [3.63, 3.8) is 0 Å². The van der Waals surface area contributed by atoms with Crippen molar-refractivity contribution in [2.45, 2.75) is 65.3 Å². The third-order valence-corrected chi connectivity index (χ3v) is 7.05. The van der Waals surface area contributed by atoms with Crippen LogP contribution in [-0.2, 0) is 14.8 Å². The molecule has 6 heteroatoms. The van der Waals surface area contributed by atoms with Gasteiger partial charge in [0.25, 0.3) is 0 Å². The highest BCUT2D eigenvalue weighted by Crippen LogP contribution is 2.37. The Bertz CT molecular complexity index is 490. The maximum atomic E-state index is 12.4. The van der Waals surface area contributed by atoms with E-state index in [0.29, 0.717) is 19.0 Å². The molecule has 0 aromatic heterocycles. The van der Waals surface area contributed by atoms with E-state index in [0.717, 1.165) is 25.7 Å². The highest BCUT2D eigenvalue weighted by molar-refractivity contribution is 7.89. The summed E-state index contributed by atoms with van der Waals surface area (Å²) in [5, 5.41) is 0. The van der Waals surface area contributed by atoms with E-state index in [2.05, 4.69) is 4.72 Å². The molecule has 1 amide bonds. The average Bonchev–Trinajstić information content (AvgIpc) is 3.33. The molecule has 0 bridgehead atoms. The van der Waals surface area contributed by atoms with Crippen molar-refractivity contribution < 1.29 is 13.2 Å². The van der Waals surface area contributed by atoms with Crippen LogP contribution >= 0.6 is 0 Å². The number of carbonyl (C=O) groups excluding carboxylic acids is 1. The van der Waals surface area contributed by atoms with E-state index in [9.17, 15) is 13.2 Å². The number of rotatable bonds is 8. The maximum Gasteiger partial charge on any atom is 0.225 e. The number of hydrogen-bond donors (Lipinski definition) is 1. The summed E-state index contributed by atoms with van der Waals surface area (Å²) in [5.74, 6) is 1.45. The molecular formula is C17H32N2O3S. The van der Waals surface area contributed by atoms with Crippen molar-refractivity contribution in [1.82, 2.24) is 9.62 Å². The lowest BCUT2D eigenvalue weighted by atomic mass is 9.99. The summed E-state index contributed by atoms with van der Waals surface area (Å²) in [6, 6.07) is -0.0165. The van der Waals surface area contributed by atoms with Gasteiger partial charge in [-0.25, -0.2) is 13.1 Å². The monoisotopic (exact) mass is 344 g/mol. The van der Waals surface area contributed by atoms with Gasteiger partial charge in [-0.15, -0.1) is 0 Å². The Hall–Kier alpha value is -0.620. The number of hydrogen-bond acceptors (Lipinski definition) is 3. The zero-order chi connectivity index (χ0) is 17.0. The van der Waals surface area contributed by atoms with Gasteiger partial charge in [0.05, 0.1) is 5.75 Å². The molecule has 0 aromatic carbocycles. The largest absolute Gasteiger partial charge is 0.342 e. The SMILES string of the molecule is CCC(CC)C(=O)N1CCC(NS(=O)(=O)C[C@H](C)C2CC2)CC1. The van der Waals surface area contributed by atoms with Gasteiger partial charge in [-0.3, -0.25) is 4.79 Å². The van der Waals surface area contributed by atoms with Crippen LogP contribution in [0, 0.1) is 17.8 Å². The Kier molecular flexibility index (Phi) is 6.48.